The molecule has 0 amide bonds. The van der Waals surface area contributed by atoms with Gasteiger partial charge >= 0.3 is 0 Å². The fraction of sp³-hybridized carbons (Fsp3) is 0.250. The topological polar surface area (TPSA) is 26.0 Å². The monoisotopic (exact) mass is 189 g/mol. The van der Waals surface area contributed by atoms with Crippen LogP contribution in [0.1, 0.15) is 11.1 Å². The lowest BCUT2D eigenvalue weighted by atomic mass is 10.1. The molecule has 0 aromatic heterocycles. The number of aryl methyl sites for hydroxylation is 1. The highest BCUT2D eigenvalue weighted by Gasteiger charge is 2.21. The van der Waals surface area contributed by atoms with E-state index in [1.54, 1.807) is 0 Å². The van der Waals surface area contributed by atoms with Gasteiger partial charge in [0.05, 0.1) is 0 Å². The van der Waals surface area contributed by atoms with Crippen molar-refractivity contribution in [3.05, 3.63) is 35.4 Å². The molecule has 3 heteroatoms. The van der Waals surface area contributed by atoms with Crippen LogP contribution < -0.4 is 5.73 Å². The standard InChI is InChI=1S/C8H9Cl2N/c1-6-4-2-3-5-7(6)8(9,10)11/h2-5H,11H2,1H3. The lowest BCUT2D eigenvalue weighted by molar-refractivity contribution is 0.904. The number of hydrogen-bond donors (Lipinski definition) is 1. The van der Waals surface area contributed by atoms with Crippen LogP contribution in [0.15, 0.2) is 24.3 Å². The van der Waals surface area contributed by atoms with Crippen LogP contribution in [0.4, 0.5) is 0 Å². The van der Waals surface area contributed by atoms with E-state index in [2.05, 4.69) is 0 Å². The highest BCUT2D eigenvalue weighted by atomic mass is 35.5. The fourth-order valence-corrected chi connectivity index (χ4v) is 1.37. The quantitative estimate of drug-likeness (QED) is 0.534. The summed E-state index contributed by atoms with van der Waals surface area (Å²) in [6.07, 6.45) is 0. The average molecular weight is 190 g/mol. The molecular formula is C8H9Cl2N. The van der Waals surface area contributed by atoms with E-state index in [0.29, 0.717) is 0 Å². The van der Waals surface area contributed by atoms with Crippen molar-refractivity contribution in [2.75, 3.05) is 0 Å². The maximum absolute atomic E-state index is 5.71. The van der Waals surface area contributed by atoms with Gasteiger partial charge in [-0.15, -0.1) is 0 Å². The van der Waals surface area contributed by atoms with E-state index in [4.69, 9.17) is 28.9 Å². The minimum atomic E-state index is -1.27. The zero-order valence-electron chi connectivity index (χ0n) is 6.14. The second-order valence-corrected chi connectivity index (χ2v) is 3.82. The Bertz CT molecular complexity index is 253. The normalized spacial score (nSPS) is 11.6. The van der Waals surface area contributed by atoms with Crippen LogP contribution in [0.5, 0.6) is 0 Å². The summed E-state index contributed by atoms with van der Waals surface area (Å²) in [7, 11) is 0. The van der Waals surface area contributed by atoms with Crippen molar-refractivity contribution in [3.8, 4) is 0 Å². The molecule has 0 unspecified atom stereocenters. The van der Waals surface area contributed by atoms with E-state index in [0.717, 1.165) is 11.1 Å². The van der Waals surface area contributed by atoms with Gasteiger partial charge in [-0.2, -0.15) is 0 Å². The summed E-state index contributed by atoms with van der Waals surface area (Å²) in [4.78, 5) is 0. The summed E-state index contributed by atoms with van der Waals surface area (Å²) in [5.41, 5.74) is 7.24. The van der Waals surface area contributed by atoms with Gasteiger partial charge in [-0.25, -0.2) is 0 Å². The Hall–Kier alpha value is -0.240. The maximum Gasteiger partial charge on any atom is 0.192 e. The van der Waals surface area contributed by atoms with Gasteiger partial charge in [-0.3, -0.25) is 5.73 Å². The zero-order valence-corrected chi connectivity index (χ0v) is 7.65. The smallest absolute Gasteiger partial charge is 0.192 e. The van der Waals surface area contributed by atoms with Gasteiger partial charge in [0.15, 0.2) is 4.46 Å². The first-order valence-corrected chi connectivity index (χ1v) is 4.00. The molecule has 11 heavy (non-hydrogen) atoms. The lowest BCUT2D eigenvalue weighted by Crippen LogP contribution is -2.23. The molecule has 60 valence electrons. The largest absolute Gasteiger partial charge is 0.296 e. The highest BCUT2D eigenvalue weighted by Crippen LogP contribution is 2.29. The summed E-state index contributed by atoms with van der Waals surface area (Å²) in [6.45, 7) is 1.92. The Kier molecular flexibility index (Phi) is 2.43. The van der Waals surface area contributed by atoms with Crippen LogP contribution in [-0.2, 0) is 4.46 Å². The first-order chi connectivity index (χ1) is 5.02. The fourth-order valence-electron chi connectivity index (χ4n) is 0.947. The Morgan fingerprint density at radius 3 is 2.18 bits per heavy atom. The lowest BCUT2D eigenvalue weighted by Gasteiger charge is -2.15. The molecule has 0 radical (unpaired) electrons. The van der Waals surface area contributed by atoms with Crippen molar-refractivity contribution in [2.45, 2.75) is 11.4 Å². The van der Waals surface area contributed by atoms with Crippen LogP contribution in [0.3, 0.4) is 0 Å². The van der Waals surface area contributed by atoms with Gasteiger partial charge in [0, 0.05) is 5.56 Å². The number of nitrogens with two attached hydrogens (primary N) is 1. The summed E-state index contributed by atoms with van der Waals surface area (Å²) >= 11 is 11.4. The van der Waals surface area contributed by atoms with E-state index >= 15 is 0 Å². The maximum atomic E-state index is 5.71. The molecule has 1 aromatic carbocycles. The SMILES string of the molecule is Cc1ccccc1C(N)(Cl)Cl. The molecule has 1 nitrogen and oxygen atoms in total. The molecule has 0 aliphatic carbocycles. The summed E-state index contributed by atoms with van der Waals surface area (Å²) < 4.78 is -1.27. The van der Waals surface area contributed by atoms with Crippen molar-refractivity contribution in [2.24, 2.45) is 5.73 Å². The molecule has 0 fully saturated rings. The van der Waals surface area contributed by atoms with Crippen molar-refractivity contribution in [1.82, 2.24) is 0 Å². The number of rotatable bonds is 1. The molecule has 0 saturated carbocycles. The van der Waals surface area contributed by atoms with Crippen LogP contribution in [0.25, 0.3) is 0 Å². The van der Waals surface area contributed by atoms with E-state index < -0.39 is 4.46 Å². The van der Waals surface area contributed by atoms with Crippen LogP contribution >= 0.6 is 23.2 Å². The Morgan fingerprint density at radius 2 is 1.82 bits per heavy atom. The molecule has 0 saturated heterocycles. The van der Waals surface area contributed by atoms with Gasteiger partial charge in [0.25, 0.3) is 0 Å². The van der Waals surface area contributed by atoms with Gasteiger partial charge < -0.3 is 0 Å². The van der Waals surface area contributed by atoms with E-state index in [9.17, 15) is 0 Å². The minimum absolute atomic E-state index is 0.753. The number of hydrogen-bond acceptors (Lipinski definition) is 1. The molecule has 0 spiro atoms. The molecule has 2 N–H and O–H groups in total. The molecule has 0 heterocycles. The Labute approximate surface area is 76.1 Å². The van der Waals surface area contributed by atoms with E-state index in [1.165, 1.54) is 0 Å². The molecular weight excluding hydrogens is 181 g/mol. The van der Waals surface area contributed by atoms with Crippen LogP contribution in [0.2, 0.25) is 0 Å². The van der Waals surface area contributed by atoms with Crippen LogP contribution in [-0.4, -0.2) is 0 Å². The average Bonchev–Trinajstić information content (AvgIpc) is 1.86. The third-order valence-corrected chi connectivity index (χ3v) is 1.91. The molecule has 1 rings (SSSR count). The van der Waals surface area contributed by atoms with Crippen molar-refractivity contribution in [1.29, 1.82) is 0 Å². The third kappa shape index (κ3) is 2.09. The van der Waals surface area contributed by atoms with Gasteiger partial charge in [0.1, 0.15) is 0 Å². The van der Waals surface area contributed by atoms with Gasteiger partial charge in [-0.05, 0) is 12.5 Å². The molecule has 1 aromatic rings. The highest BCUT2D eigenvalue weighted by molar-refractivity contribution is 6.47. The predicted molar refractivity (Wildman–Crippen MR) is 48.8 cm³/mol. The van der Waals surface area contributed by atoms with Crippen LogP contribution in [0, 0.1) is 6.92 Å². The second-order valence-electron chi connectivity index (χ2n) is 2.44. The molecule has 0 bridgehead atoms. The molecule has 0 aliphatic rings. The minimum Gasteiger partial charge on any atom is -0.296 e. The predicted octanol–water partition coefficient (Wildman–Crippen LogP) is 2.54. The number of alkyl halides is 2. The molecule has 0 aliphatic heterocycles. The van der Waals surface area contributed by atoms with E-state index in [-0.39, 0.29) is 0 Å². The number of benzene rings is 1. The first kappa shape index (κ1) is 8.85. The summed E-state index contributed by atoms with van der Waals surface area (Å²) in [5, 5.41) is 0. The van der Waals surface area contributed by atoms with Gasteiger partial charge in [-0.1, -0.05) is 47.5 Å². The third-order valence-electron chi connectivity index (χ3n) is 1.50. The molecule has 0 atom stereocenters. The Balaban J connectivity index is 3.14. The zero-order chi connectivity index (χ0) is 8.48. The Morgan fingerprint density at radius 1 is 1.27 bits per heavy atom. The second kappa shape index (κ2) is 3.02. The van der Waals surface area contributed by atoms with Gasteiger partial charge in [0.2, 0.25) is 0 Å². The summed E-state index contributed by atoms with van der Waals surface area (Å²) in [6, 6.07) is 7.50. The van der Waals surface area contributed by atoms with E-state index in [1.807, 2.05) is 31.2 Å². The summed E-state index contributed by atoms with van der Waals surface area (Å²) in [5.74, 6) is 0. The number of halogens is 2. The first-order valence-electron chi connectivity index (χ1n) is 3.24. The van der Waals surface area contributed by atoms with Crippen molar-refractivity contribution in [3.63, 3.8) is 0 Å². The van der Waals surface area contributed by atoms with Crippen molar-refractivity contribution < 1.29 is 0 Å². The van der Waals surface area contributed by atoms with Crippen molar-refractivity contribution >= 4 is 23.2 Å².